The van der Waals surface area contributed by atoms with E-state index in [1.807, 2.05) is 0 Å². The Balaban J connectivity index is 1.81. The predicted molar refractivity (Wildman–Crippen MR) is 118 cm³/mol. The Bertz CT molecular complexity index is 1250. The van der Waals surface area contributed by atoms with Gasteiger partial charge in [0.15, 0.2) is 16.7 Å². The molecule has 2 aliphatic heterocycles. The van der Waals surface area contributed by atoms with Crippen molar-refractivity contribution in [3.8, 4) is 28.4 Å². The number of hydrogen-bond acceptors (Lipinski definition) is 7. The Morgan fingerprint density at radius 1 is 1.16 bits per heavy atom. The van der Waals surface area contributed by atoms with Crippen LogP contribution in [0.1, 0.15) is 11.1 Å². The number of halogens is 2. The van der Waals surface area contributed by atoms with Crippen LogP contribution in [-0.2, 0) is 10.3 Å². The van der Waals surface area contributed by atoms with E-state index in [-0.39, 0.29) is 17.6 Å². The third-order valence-electron chi connectivity index (χ3n) is 5.67. The van der Waals surface area contributed by atoms with E-state index in [9.17, 15) is 4.39 Å². The van der Waals surface area contributed by atoms with Gasteiger partial charge in [0.1, 0.15) is 17.0 Å². The van der Waals surface area contributed by atoms with Gasteiger partial charge in [0.05, 0.1) is 19.0 Å². The minimum absolute atomic E-state index is 0.0544. The lowest BCUT2D eigenvalue weighted by atomic mass is 9.77. The molecule has 5 rings (SSSR count). The second-order valence-corrected chi connectivity index (χ2v) is 8.64. The van der Waals surface area contributed by atoms with Gasteiger partial charge in [-0.05, 0) is 35.9 Å². The minimum Gasteiger partial charge on any atom is -0.497 e. The molecule has 0 fully saturated rings. The molecule has 0 bridgehead atoms. The highest BCUT2D eigenvalue weighted by atomic mass is 32.2. The Labute approximate surface area is 187 Å². The fourth-order valence-electron chi connectivity index (χ4n) is 4.29. The predicted octanol–water partition coefficient (Wildman–Crippen LogP) is 4.46. The Hall–Kier alpha value is -3.17. The number of aromatic nitrogens is 1. The molecular formula is C23H19F2N3O3S. The molecule has 2 atom stereocenters. The van der Waals surface area contributed by atoms with E-state index in [1.54, 1.807) is 43.5 Å². The second kappa shape index (κ2) is 7.75. The van der Waals surface area contributed by atoms with Crippen LogP contribution in [0.15, 0.2) is 53.7 Å². The summed E-state index contributed by atoms with van der Waals surface area (Å²) in [7, 11) is 3.04. The van der Waals surface area contributed by atoms with E-state index < -0.39 is 17.3 Å². The van der Waals surface area contributed by atoms with Gasteiger partial charge in [-0.25, -0.2) is 14.4 Å². The molecule has 164 valence electrons. The molecule has 6 nitrogen and oxygen atoms in total. The molecule has 9 heteroatoms. The normalized spacial score (nSPS) is 21.0. The molecule has 3 aromatic rings. The molecule has 3 heterocycles. The average molecular weight is 455 g/mol. The molecule has 1 spiro atoms. The highest BCUT2D eigenvalue weighted by Crippen LogP contribution is 2.58. The summed E-state index contributed by atoms with van der Waals surface area (Å²) in [6, 6.07) is 11.5. The zero-order valence-electron chi connectivity index (χ0n) is 17.3. The van der Waals surface area contributed by atoms with E-state index >= 15 is 4.39 Å². The molecule has 1 aromatic heterocycles. The van der Waals surface area contributed by atoms with Crippen molar-refractivity contribution >= 4 is 16.9 Å². The molecule has 2 N–H and O–H groups in total. The van der Waals surface area contributed by atoms with Gasteiger partial charge in [-0.1, -0.05) is 17.8 Å². The van der Waals surface area contributed by atoms with Crippen molar-refractivity contribution < 1.29 is 23.0 Å². The van der Waals surface area contributed by atoms with Crippen LogP contribution in [0.5, 0.6) is 17.2 Å². The van der Waals surface area contributed by atoms with Gasteiger partial charge in [-0.2, -0.15) is 4.39 Å². The van der Waals surface area contributed by atoms with E-state index in [0.717, 1.165) is 0 Å². The van der Waals surface area contributed by atoms with Crippen LogP contribution >= 0.6 is 11.8 Å². The zero-order valence-corrected chi connectivity index (χ0v) is 18.1. The third-order valence-corrected chi connectivity index (χ3v) is 6.76. The number of rotatable bonds is 4. The lowest BCUT2D eigenvalue weighted by molar-refractivity contribution is 0.180. The monoisotopic (exact) mass is 455 g/mol. The molecule has 2 aliphatic rings. The van der Waals surface area contributed by atoms with Crippen LogP contribution in [-0.4, -0.2) is 36.2 Å². The number of hydrogen-bond donors (Lipinski definition) is 1. The second-order valence-electron chi connectivity index (χ2n) is 7.42. The summed E-state index contributed by atoms with van der Waals surface area (Å²) in [5.41, 5.74) is 7.09. The maximum absolute atomic E-state index is 15.1. The standard InChI is InChI=1S/C23H19F2N3O3S/c1-29-11-19-23(28-22(26)32-19)15-8-12(14-4-3-7-27-21(14)25)5-6-18(15)31-20-16(23)9-13(30-2)10-17(20)24/h3-10,19H,11H2,1-2H3,(H2,26,28). The van der Waals surface area contributed by atoms with Gasteiger partial charge in [0.25, 0.3) is 0 Å². The maximum Gasteiger partial charge on any atom is 0.220 e. The molecule has 0 saturated heterocycles. The summed E-state index contributed by atoms with van der Waals surface area (Å²) >= 11 is 1.34. The molecule has 0 radical (unpaired) electrons. The first-order chi connectivity index (χ1) is 15.5. The van der Waals surface area contributed by atoms with E-state index in [0.29, 0.717) is 38.9 Å². The molecule has 0 amide bonds. The van der Waals surface area contributed by atoms with Gasteiger partial charge in [0.2, 0.25) is 5.95 Å². The Morgan fingerprint density at radius 2 is 2.00 bits per heavy atom. The minimum atomic E-state index is -1.11. The first-order valence-corrected chi connectivity index (χ1v) is 10.7. The quantitative estimate of drug-likeness (QED) is 0.585. The summed E-state index contributed by atoms with van der Waals surface area (Å²) < 4.78 is 46.3. The largest absolute Gasteiger partial charge is 0.497 e. The van der Waals surface area contributed by atoms with Crippen LogP contribution in [0, 0.1) is 11.8 Å². The fourth-order valence-corrected chi connectivity index (χ4v) is 5.46. The van der Waals surface area contributed by atoms with Crippen LogP contribution in [0.3, 0.4) is 0 Å². The number of nitrogens with zero attached hydrogens (tertiary/aromatic N) is 2. The van der Waals surface area contributed by atoms with Gasteiger partial charge >= 0.3 is 0 Å². The Morgan fingerprint density at radius 3 is 2.75 bits per heavy atom. The summed E-state index contributed by atoms with van der Waals surface area (Å²) in [6.45, 7) is 0.290. The highest BCUT2D eigenvalue weighted by Gasteiger charge is 2.53. The SMILES string of the molecule is COCC1SC(N)=NC12c1cc(-c3cccnc3F)ccc1Oc1c(F)cc(OC)cc12. The van der Waals surface area contributed by atoms with Crippen molar-refractivity contribution in [2.45, 2.75) is 10.8 Å². The molecule has 2 aromatic carbocycles. The number of benzene rings is 2. The van der Waals surface area contributed by atoms with Crippen molar-refractivity contribution in [3.05, 3.63) is 71.6 Å². The molecule has 32 heavy (non-hydrogen) atoms. The number of thioether (sulfide) groups is 1. The van der Waals surface area contributed by atoms with Gasteiger partial charge in [-0.3, -0.25) is 0 Å². The summed E-state index contributed by atoms with van der Waals surface area (Å²) in [5, 5.41) is 0.0291. The lowest BCUT2D eigenvalue weighted by Crippen LogP contribution is -2.39. The maximum atomic E-state index is 15.1. The van der Waals surface area contributed by atoms with Crippen molar-refractivity contribution in [1.82, 2.24) is 4.98 Å². The van der Waals surface area contributed by atoms with Crippen molar-refractivity contribution in [2.24, 2.45) is 10.7 Å². The van der Waals surface area contributed by atoms with Crippen LogP contribution < -0.4 is 15.2 Å². The summed E-state index contributed by atoms with van der Waals surface area (Å²) in [5.74, 6) is -0.380. The van der Waals surface area contributed by atoms with Crippen molar-refractivity contribution in [3.63, 3.8) is 0 Å². The first-order valence-electron chi connectivity index (χ1n) is 9.80. The van der Waals surface area contributed by atoms with Crippen LogP contribution in [0.4, 0.5) is 8.78 Å². The summed E-state index contributed by atoms with van der Waals surface area (Å²) in [4.78, 5) is 8.55. The smallest absolute Gasteiger partial charge is 0.220 e. The van der Waals surface area contributed by atoms with Crippen LogP contribution in [0.25, 0.3) is 11.1 Å². The topological polar surface area (TPSA) is 79.0 Å². The molecule has 0 saturated carbocycles. The number of amidine groups is 1. The number of aliphatic imine (C=N–C) groups is 1. The van der Waals surface area contributed by atoms with Crippen LogP contribution in [0.2, 0.25) is 0 Å². The fraction of sp³-hybridized carbons (Fsp3) is 0.217. The van der Waals surface area contributed by atoms with Crippen molar-refractivity contribution in [1.29, 1.82) is 0 Å². The lowest BCUT2D eigenvalue weighted by Gasteiger charge is -2.39. The van der Waals surface area contributed by atoms with Gasteiger partial charge < -0.3 is 19.9 Å². The number of ether oxygens (including phenoxy) is 3. The van der Waals surface area contributed by atoms with Crippen molar-refractivity contribution in [2.75, 3.05) is 20.8 Å². The van der Waals surface area contributed by atoms with E-state index in [2.05, 4.69) is 4.98 Å². The first kappa shape index (κ1) is 20.7. The molecule has 0 aliphatic carbocycles. The zero-order chi connectivity index (χ0) is 22.5. The molecular weight excluding hydrogens is 436 g/mol. The van der Waals surface area contributed by atoms with Gasteiger partial charge in [0, 0.05) is 36.1 Å². The van der Waals surface area contributed by atoms with E-state index in [1.165, 1.54) is 31.1 Å². The number of nitrogens with two attached hydrogens (primary N) is 1. The third kappa shape index (κ3) is 3.03. The molecule has 2 unspecified atom stereocenters. The van der Waals surface area contributed by atoms with E-state index in [4.69, 9.17) is 24.9 Å². The number of methoxy groups -OCH3 is 2. The Kier molecular flexibility index (Phi) is 5.02. The summed E-state index contributed by atoms with van der Waals surface area (Å²) in [6.07, 6.45) is 1.39. The number of fused-ring (bicyclic) bond motifs is 4. The average Bonchev–Trinajstić information content (AvgIpc) is 3.11. The van der Waals surface area contributed by atoms with Gasteiger partial charge in [-0.15, -0.1) is 0 Å². The highest BCUT2D eigenvalue weighted by molar-refractivity contribution is 8.14. The number of pyridine rings is 1.